The lowest BCUT2D eigenvalue weighted by atomic mass is 10.0. The van der Waals surface area contributed by atoms with Crippen LogP contribution < -0.4 is 27.4 Å². The number of aliphatic carboxylic acids is 3. The molecule has 204 valence electrons. The van der Waals surface area contributed by atoms with E-state index < -0.39 is 72.6 Å². The Kier molecular flexibility index (Phi) is 13.3. The fraction of sp³-hybridized carbons (Fsp3) is 0.478. The molecule has 0 radical (unpaired) electrons. The largest absolute Gasteiger partial charge is 0.481 e. The Bertz CT molecular complexity index is 957. The third kappa shape index (κ3) is 12.0. The van der Waals surface area contributed by atoms with Gasteiger partial charge in [0, 0.05) is 6.42 Å². The van der Waals surface area contributed by atoms with Gasteiger partial charge in [0.15, 0.2) is 0 Å². The number of benzene rings is 1. The molecule has 10 N–H and O–H groups in total. The van der Waals surface area contributed by atoms with Crippen molar-refractivity contribution in [1.82, 2.24) is 16.0 Å². The first-order valence-corrected chi connectivity index (χ1v) is 11.5. The first-order valence-electron chi connectivity index (χ1n) is 11.5. The number of hydrogen-bond acceptors (Lipinski definition) is 8. The van der Waals surface area contributed by atoms with E-state index in [1.165, 1.54) is 0 Å². The van der Waals surface area contributed by atoms with Crippen LogP contribution >= 0.6 is 0 Å². The standard InChI is InChI=1S/C23H33N5O9/c24-9-5-4-8-15(26-20(33)14(25)11-18(29)30)21(34)27-16(10-13-6-2-1-3-7-13)22(35)28-17(23(36)37)12-19(31)32/h1-3,6-7,14-17H,4-5,8-12,24-25H2,(H,26,33)(H,27,34)(H,28,35)(H,29,30)(H,31,32)(H,36,37). The molecule has 1 aromatic rings. The van der Waals surface area contributed by atoms with Crippen LogP contribution in [0.15, 0.2) is 30.3 Å². The van der Waals surface area contributed by atoms with Crippen molar-refractivity contribution in [2.24, 2.45) is 11.5 Å². The second kappa shape index (κ2) is 15.9. The molecule has 4 unspecified atom stereocenters. The average Bonchev–Trinajstić information content (AvgIpc) is 2.82. The third-order valence-corrected chi connectivity index (χ3v) is 5.22. The molecule has 0 aromatic heterocycles. The maximum Gasteiger partial charge on any atom is 0.326 e. The van der Waals surface area contributed by atoms with Crippen molar-refractivity contribution in [3.05, 3.63) is 35.9 Å². The highest BCUT2D eigenvalue weighted by Crippen LogP contribution is 2.08. The van der Waals surface area contributed by atoms with Crippen molar-refractivity contribution in [3.8, 4) is 0 Å². The lowest BCUT2D eigenvalue weighted by Crippen LogP contribution is -2.57. The number of hydrogen-bond donors (Lipinski definition) is 8. The number of amides is 3. The Balaban J connectivity index is 3.13. The number of carboxylic acids is 3. The summed E-state index contributed by atoms with van der Waals surface area (Å²) in [6.45, 7) is 0.319. The monoisotopic (exact) mass is 523 g/mol. The molecule has 14 nitrogen and oxygen atoms in total. The molecule has 0 heterocycles. The minimum atomic E-state index is -1.74. The van der Waals surface area contributed by atoms with Gasteiger partial charge in [0.05, 0.1) is 18.9 Å². The number of nitrogens with two attached hydrogens (primary N) is 2. The molecule has 4 atom stereocenters. The Hall–Kier alpha value is -4.04. The number of carboxylic acid groups (broad SMARTS) is 3. The van der Waals surface area contributed by atoms with E-state index in [4.69, 9.17) is 21.7 Å². The van der Waals surface area contributed by atoms with Crippen LogP contribution in [-0.4, -0.2) is 81.7 Å². The molecule has 0 bridgehead atoms. The zero-order chi connectivity index (χ0) is 28.0. The molecular weight excluding hydrogens is 490 g/mol. The predicted octanol–water partition coefficient (Wildman–Crippen LogP) is -1.83. The number of unbranched alkanes of at least 4 members (excludes halogenated alkanes) is 1. The van der Waals surface area contributed by atoms with Crippen LogP contribution in [-0.2, 0) is 35.2 Å². The first-order chi connectivity index (χ1) is 17.4. The van der Waals surface area contributed by atoms with Crippen molar-refractivity contribution in [3.63, 3.8) is 0 Å². The van der Waals surface area contributed by atoms with E-state index in [9.17, 15) is 33.9 Å². The summed E-state index contributed by atoms with van der Waals surface area (Å²) in [5.74, 6) is -6.95. The summed E-state index contributed by atoms with van der Waals surface area (Å²) in [6.07, 6.45) is -0.582. The first kappa shape index (κ1) is 31.0. The van der Waals surface area contributed by atoms with Gasteiger partial charge in [-0.3, -0.25) is 24.0 Å². The SMILES string of the molecule is NCCCCC(NC(=O)C(N)CC(=O)O)C(=O)NC(Cc1ccccc1)C(=O)NC(CC(=O)O)C(=O)O. The molecule has 0 aliphatic carbocycles. The third-order valence-electron chi connectivity index (χ3n) is 5.22. The number of carbonyl (C=O) groups is 6. The zero-order valence-corrected chi connectivity index (χ0v) is 20.1. The van der Waals surface area contributed by atoms with Gasteiger partial charge in [0.2, 0.25) is 17.7 Å². The zero-order valence-electron chi connectivity index (χ0n) is 20.1. The number of rotatable bonds is 17. The summed E-state index contributed by atoms with van der Waals surface area (Å²) in [6, 6.07) is 2.77. The van der Waals surface area contributed by atoms with Gasteiger partial charge >= 0.3 is 17.9 Å². The summed E-state index contributed by atoms with van der Waals surface area (Å²) in [5.41, 5.74) is 11.7. The minimum absolute atomic E-state index is 0.0696. The smallest absolute Gasteiger partial charge is 0.326 e. The normalized spacial score (nSPS) is 13.9. The van der Waals surface area contributed by atoms with E-state index in [0.717, 1.165) is 0 Å². The van der Waals surface area contributed by atoms with Gasteiger partial charge in [0.25, 0.3) is 0 Å². The number of nitrogens with one attached hydrogen (secondary N) is 3. The van der Waals surface area contributed by atoms with Crippen LogP contribution in [0.3, 0.4) is 0 Å². The molecular formula is C23H33N5O9. The minimum Gasteiger partial charge on any atom is -0.481 e. The van der Waals surface area contributed by atoms with Crippen molar-refractivity contribution >= 4 is 35.6 Å². The molecule has 0 spiro atoms. The van der Waals surface area contributed by atoms with E-state index in [0.29, 0.717) is 24.9 Å². The van der Waals surface area contributed by atoms with E-state index in [2.05, 4.69) is 16.0 Å². The topological polar surface area (TPSA) is 251 Å². The van der Waals surface area contributed by atoms with Crippen molar-refractivity contribution in [2.45, 2.75) is 62.7 Å². The molecule has 0 aliphatic rings. The molecule has 1 aromatic carbocycles. The Morgan fingerprint density at radius 1 is 0.730 bits per heavy atom. The second-order valence-corrected chi connectivity index (χ2v) is 8.30. The van der Waals surface area contributed by atoms with Gasteiger partial charge in [-0.25, -0.2) is 4.79 Å². The van der Waals surface area contributed by atoms with Crippen LogP contribution in [0.4, 0.5) is 0 Å². The van der Waals surface area contributed by atoms with Gasteiger partial charge in [-0.05, 0) is 31.4 Å². The molecule has 0 saturated heterocycles. The highest BCUT2D eigenvalue weighted by Gasteiger charge is 2.31. The maximum atomic E-state index is 13.1. The molecule has 0 aliphatic heterocycles. The number of carbonyl (C=O) groups excluding carboxylic acids is 3. The summed E-state index contributed by atoms with van der Waals surface area (Å²) >= 11 is 0. The molecule has 3 amide bonds. The van der Waals surface area contributed by atoms with Crippen LogP contribution in [0.5, 0.6) is 0 Å². The second-order valence-electron chi connectivity index (χ2n) is 8.30. The van der Waals surface area contributed by atoms with E-state index in [1.807, 2.05) is 0 Å². The van der Waals surface area contributed by atoms with E-state index in [-0.39, 0.29) is 12.8 Å². The van der Waals surface area contributed by atoms with Crippen molar-refractivity contribution in [1.29, 1.82) is 0 Å². The van der Waals surface area contributed by atoms with E-state index in [1.54, 1.807) is 30.3 Å². The quantitative estimate of drug-likeness (QED) is 0.105. The van der Waals surface area contributed by atoms with Gasteiger partial charge in [-0.1, -0.05) is 30.3 Å². The summed E-state index contributed by atoms with van der Waals surface area (Å²) < 4.78 is 0. The van der Waals surface area contributed by atoms with Crippen LogP contribution in [0.2, 0.25) is 0 Å². The molecule has 14 heteroatoms. The van der Waals surface area contributed by atoms with Gasteiger partial charge in [-0.2, -0.15) is 0 Å². The fourth-order valence-electron chi connectivity index (χ4n) is 3.30. The van der Waals surface area contributed by atoms with E-state index >= 15 is 0 Å². The highest BCUT2D eigenvalue weighted by atomic mass is 16.4. The molecule has 0 saturated carbocycles. The van der Waals surface area contributed by atoms with Crippen LogP contribution in [0.25, 0.3) is 0 Å². The van der Waals surface area contributed by atoms with Gasteiger partial charge in [-0.15, -0.1) is 0 Å². The average molecular weight is 524 g/mol. The van der Waals surface area contributed by atoms with Crippen molar-refractivity contribution in [2.75, 3.05) is 6.54 Å². The lowest BCUT2D eigenvalue weighted by Gasteiger charge is -2.25. The molecule has 37 heavy (non-hydrogen) atoms. The van der Waals surface area contributed by atoms with Gasteiger partial charge < -0.3 is 42.7 Å². The molecule has 0 fully saturated rings. The Morgan fingerprint density at radius 3 is 1.81 bits per heavy atom. The van der Waals surface area contributed by atoms with Gasteiger partial charge in [0.1, 0.15) is 18.1 Å². The predicted molar refractivity (Wildman–Crippen MR) is 129 cm³/mol. The lowest BCUT2D eigenvalue weighted by molar-refractivity contribution is -0.147. The molecule has 1 rings (SSSR count). The Morgan fingerprint density at radius 2 is 1.27 bits per heavy atom. The van der Waals surface area contributed by atoms with Crippen molar-refractivity contribution < 1.29 is 44.1 Å². The highest BCUT2D eigenvalue weighted by molar-refractivity contribution is 5.95. The summed E-state index contributed by atoms with van der Waals surface area (Å²) in [5, 5.41) is 34.1. The summed E-state index contributed by atoms with van der Waals surface area (Å²) in [4.78, 5) is 71.7. The van der Waals surface area contributed by atoms with Crippen LogP contribution in [0.1, 0.15) is 37.7 Å². The van der Waals surface area contributed by atoms with Crippen LogP contribution in [0, 0.1) is 0 Å². The summed E-state index contributed by atoms with van der Waals surface area (Å²) in [7, 11) is 0. The Labute approximate surface area is 212 Å². The fourth-order valence-corrected chi connectivity index (χ4v) is 3.30. The maximum absolute atomic E-state index is 13.1.